The van der Waals surface area contributed by atoms with Crippen molar-refractivity contribution in [3.63, 3.8) is 0 Å². The molecule has 1 saturated heterocycles. The second-order valence-electron chi connectivity index (χ2n) is 6.46. The van der Waals surface area contributed by atoms with E-state index in [9.17, 15) is 9.59 Å². The fourth-order valence-corrected chi connectivity index (χ4v) is 3.28. The smallest absolute Gasteiger partial charge is 0.267 e. The first-order valence-electron chi connectivity index (χ1n) is 8.59. The minimum Gasteiger partial charge on any atom is -0.468 e. The summed E-state index contributed by atoms with van der Waals surface area (Å²) in [6, 6.07) is 3.93. The summed E-state index contributed by atoms with van der Waals surface area (Å²) in [7, 11) is 0. The fraction of sp³-hybridized carbons (Fsp3) is 0.588. The molecule has 0 unspecified atom stereocenters. The molecule has 7 nitrogen and oxygen atoms in total. The van der Waals surface area contributed by atoms with Crippen molar-refractivity contribution in [2.45, 2.75) is 38.6 Å². The molecule has 0 radical (unpaired) electrons. The lowest BCUT2D eigenvalue weighted by molar-refractivity contribution is -0.121. The number of carbonyl (C=O) groups excluding carboxylic acids is 2. The lowest BCUT2D eigenvalue weighted by Gasteiger charge is -2.32. The third kappa shape index (κ3) is 4.67. The van der Waals surface area contributed by atoms with Crippen molar-refractivity contribution in [3.05, 3.63) is 24.2 Å². The van der Waals surface area contributed by atoms with Crippen LogP contribution >= 0.6 is 0 Å². The van der Waals surface area contributed by atoms with Gasteiger partial charge in [0.2, 0.25) is 5.91 Å². The highest BCUT2D eigenvalue weighted by atomic mass is 16.3. The number of hydrogen-bond donors (Lipinski definition) is 2. The first-order valence-corrected chi connectivity index (χ1v) is 8.59. The van der Waals surface area contributed by atoms with Crippen LogP contribution in [0.1, 0.15) is 37.9 Å². The number of nitrogens with zero attached hydrogens (tertiary/aromatic N) is 2. The number of rotatable bonds is 6. The predicted octanol–water partition coefficient (Wildman–Crippen LogP) is 1.26. The van der Waals surface area contributed by atoms with Crippen LogP contribution in [-0.4, -0.2) is 42.1 Å². The Labute approximate surface area is 141 Å². The second-order valence-corrected chi connectivity index (χ2v) is 6.46. The molecule has 0 bridgehead atoms. The molecule has 0 aliphatic carbocycles. The van der Waals surface area contributed by atoms with Crippen LogP contribution in [0.15, 0.2) is 27.9 Å². The van der Waals surface area contributed by atoms with E-state index in [2.05, 4.69) is 20.7 Å². The number of nitrogens with one attached hydrogen (secondary N) is 2. The average Bonchev–Trinajstić information content (AvgIpc) is 3.09. The minimum atomic E-state index is -0.168. The Hall–Kier alpha value is -2.15. The standard InChI is InChI=1S/C17H24N4O3/c22-16-6-5-15(19-20-16)17(23)18-8-7-13-3-1-9-21(11-13)12-14-4-2-10-24-14/h2,4,10,13H,1,3,5-9,11-12H2,(H,18,23)(H,20,22)/t13-/m1/s1. The molecular formula is C17H24N4O3. The molecule has 130 valence electrons. The number of furan rings is 1. The van der Waals surface area contributed by atoms with Crippen molar-refractivity contribution in [3.8, 4) is 0 Å². The van der Waals surface area contributed by atoms with Gasteiger partial charge in [0.1, 0.15) is 11.5 Å². The van der Waals surface area contributed by atoms with Gasteiger partial charge in [-0.1, -0.05) is 0 Å². The molecule has 0 saturated carbocycles. The van der Waals surface area contributed by atoms with Crippen LogP contribution in [-0.2, 0) is 16.1 Å². The summed E-state index contributed by atoms with van der Waals surface area (Å²) >= 11 is 0. The molecule has 2 aliphatic rings. The van der Waals surface area contributed by atoms with E-state index in [1.807, 2.05) is 12.1 Å². The summed E-state index contributed by atoms with van der Waals surface area (Å²) in [5.41, 5.74) is 2.77. The van der Waals surface area contributed by atoms with Gasteiger partial charge in [-0.2, -0.15) is 5.10 Å². The lowest BCUT2D eigenvalue weighted by Crippen LogP contribution is -2.39. The van der Waals surface area contributed by atoms with Crippen LogP contribution in [0.2, 0.25) is 0 Å². The molecule has 1 atom stereocenters. The molecule has 3 heterocycles. The highest BCUT2D eigenvalue weighted by Crippen LogP contribution is 2.21. The van der Waals surface area contributed by atoms with Gasteiger partial charge in [-0.25, -0.2) is 5.43 Å². The molecule has 7 heteroatoms. The SMILES string of the molecule is O=C1CCC(C(=O)NCC[C@H]2CCCN(Cc3ccco3)C2)=NN1. The topological polar surface area (TPSA) is 86.9 Å². The number of likely N-dealkylation sites (tertiary alicyclic amines) is 1. The average molecular weight is 332 g/mol. The normalized spacial score (nSPS) is 21.9. The maximum atomic E-state index is 12.0. The van der Waals surface area contributed by atoms with E-state index in [4.69, 9.17) is 4.42 Å². The van der Waals surface area contributed by atoms with Gasteiger partial charge >= 0.3 is 0 Å². The third-order valence-electron chi connectivity index (χ3n) is 4.57. The summed E-state index contributed by atoms with van der Waals surface area (Å²) < 4.78 is 5.42. The van der Waals surface area contributed by atoms with Crippen molar-refractivity contribution < 1.29 is 14.0 Å². The van der Waals surface area contributed by atoms with Gasteiger partial charge in [-0.15, -0.1) is 0 Å². The van der Waals surface area contributed by atoms with Gasteiger partial charge in [-0.3, -0.25) is 14.5 Å². The number of carbonyl (C=O) groups is 2. The Bertz CT molecular complexity index is 597. The van der Waals surface area contributed by atoms with E-state index >= 15 is 0 Å². The predicted molar refractivity (Wildman–Crippen MR) is 89.1 cm³/mol. The van der Waals surface area contributed by atoms with E-state index < -0.39 is 0 Å². The molecule has 1 fully saturated rings. The molecule has 0 aromatic carbocycles. The molecular weight excluding hydrogens is 308 g/mol. The Morgan fingerprint density at radius 2 is 2.38 bits per heavy atom. The van der Waals surface area contributed by atoms with Crippen molar-refractivity contribution in [2.75, 3.05) is 19.6 Å². The van der Waals surface area contributed by atoms with Crippen LogP contribution in [0, 0.1) is 5.92 Å². The first kappa shape index (κ1) is 16.7. The molecule has 0 spiro atoms. The largest absolute Gasteiger partial charge is 0.468 e. The van der Waals surface area contributed by atoms with Crippen LogP contribution in [0.5, 0.6) is 0 Å². The van der Waals surface area contributed by atoms with Gasteiger partial charge < -0.3 is 9.73 Å². The highest BCUT2D eigenvalue weighted by molar-refractivity contribution is 6.39. The van der Waals surface area contributed by atoms with Crippen molar-refractivity contribution in [1.29, 1.82) is 0 Å². The van der Waals surface area contributed by atoms with E-state index in [1.165, 1.54) is 12.8 Å². The van der Waals surface area contributed by atoms with Gasteiger partial charge in [0.05, 0.1) is 12.8 Å². The van der Waals surface area contributed by atoms with Crippen LogP contribution in [0.4, 0.5) is 0 Å². The Morgan fingerprint density at radius 1 is 1.46 bits per heavy atom. The third-order valence-corrected chi connectivity index (χ3v) is 4.57. The summed E-state index contributed by atoms with van der Waals surface area (Å²) in [6.45, 7) is 3.63. The van der Waals surface area contributed by atoms with Gasteiger partial charge in [0.25, 0.3) is 5.91 Å². The summed E-state index contributed by atoms with van der Waals surface area (Å²) in [6.07, 6.45) is 5.79. The van der Waals surface area contributed by atoms with Gasteiger partial charge in [0, 0.05) is 25.9 Å². The van der Waals surface area contributed by atoms with Gasteiger partial charge in [0.15, 0.2) is 0 Å². The van der Waals surface area contributed by atoms with Crippen molar-refractivity contribution >= 4 is 17.5 Å². The summed E-state index contributed by atoms with van der Waals surface area (Å²) in [4.78, 5) is 25.5. The number of piperidine rings is 1. The Kier molecular flexibility index (Phi) is 5.63. The van der Waals surface area contributed by atoms with Crippen LogP contribution < -0.4 is 10.7 Å². The number of hydrazone groups is 1. The van der Waals surface area contributed by atoms with Gasteiger partial charge in [-0.05, 0) is 43.9 Å². The monoisotopic (exact) mass is 332 g/mol. The fourth-order valence-electron chi connectivity index (χ4n) is 3.28. The number of hydrogen-bond acceptors (Lipinski definition) is 5. The molecule has 1 aromatic heterocycles. The summed E-state index contributed by atoms with van der Waals surface area (Å²) in [5.74, 6) is 1.28. The van der Waals surface area contributed by atoms with Crippen LogP contribution in [0.25, 0.3) is 0 Å². The Morgan fingerprint density at radius 3 is 3.12 bits per heavy atom. The Balaban J connectivity index is 1.38. The highest BCUT2D eigenvalue weighted by Gasteiger charge is 2.22. The quantitative estimate of drug-likeness (QED) is 0.821. The van der Waals surface area contributed by atoms with E-state index in [1.54, 1.807) is 6.26 Å². The van der Waals surface area contributed by atoms with Crippen molar-refractivity contribution in [2.24, 2.45) is 11.0 Å². The molecule has 24 heavy (non-hydrogen) atoms. The molecule has 2 aliphatic heterocycles. The molecule has 2 amide bonds. The number of amides is 2. The lowest BCUT2D eigenvalue weighted by atomic mass is 9.94. The zero-order valence-corrected chi connectivity index (χ0v) is 13.8. The first-order chi connectivity index (χ1) is 11.7. The van der Waals surface area contributed by atoms with E-state index in [-0.39, 0.29) is 11.8 Å². The second kappa shape index (κ2) is 8.10. The zero-order chi connectivity index (χ0) is 16.8. The van der Waals surface area contributed by atoms with Crippen LogP contribution in [0.3, 0.4) is 0 Å². The maximum Gasteiger partial charge on any atom is 0.267 e. The summed E-state index contributed by atoms with van der Waals surface area (Å²) in [5, 5.41) is 6.73. The molecule has 1 aromatic rings. The zero-order valence-electron chi connectivity index (χ0n) is 13.8. The maximum absolute atomic E-state index is 12.0. The van der Waals surface area contributed by atoms with E-state index in [0.717, 1.165) is 31.8 Å². The minimum absolute atomic E-state index is 0.134. The van der Waals surface area contributed by atoms with E-state index in [0.29, 0.717) is 31.0 Å². The molecule has 2 N–H and O–H groups in total. The molecule has 3 rings (SSSR count). The van der Waals surface area contributed by atoms with Crippen molar-refractivity contribution in [1.82, 2.24) is 15.6 Å².